The van der Waals surface area contributed by atoms with Gasteiger partial charge in [0.25, 0.3) is 15.9 Å². The lowest BCUT2D eigenvalue weighted by atomic mass is 10.2. The van der Waals surface area contributed by atoms with E-state index < -0.39 is 15.9 Å². The predicted octanol–water partition coefficient (Wildman–Crippen LogP) is 1.84. The van der Waals surface area contributed by atoms with E-state index in [-0.39, 0.29) is 28.2 Å². The third-order valence-electron chi connectivity index (χ3n) is 4.29. The predicted molar refractivity (Wildman–Crippen MR) is 99.9 cm³/mol. The van der Waals surface area contributed by atoms with Gasteiger partial charge < -0.3 is 10.6 Å². The number of rotatable bonds is 6. The Balaban J connectivity index is 1.73. The molecule has 1 aromatic heterocycles. The molecular weight excluding hydrogens is 370 g/mol. The number of benzene rings is 1. The number of sulfonamides is 1. The fourth-order valence-electron chi connectivity index (χ4n) is 2.99. The van der Waals surface area contributed by atoms with E-state index in [2.05, 4.69) is 25.6 Å². The van der Waals surface area contributed by atoms with Crippen LogP contribution in [-0.2, 0) is 14.8 Å². The van der Waals surface area contributed by atoms with Gasteiger partial charge in [0, 0.05) is 18.7 Å². The van der Waals surface area contributed by atoms with Crippen LogP contribution in [0.2, 0.25) is 0 Å². The summed E-state index contributed by atoms with van der Waals surface area (Å²) in [5, 5.41) is 11.8. The van der Waals surface area contributed by atoms with Gasteiger partial charge in [0.1, 0.15) is 5.69 Å². The van der Waals surface area contributed by atoms with Crippen molar-refractivity contribution in [2.75, 3.05) is 10.0 Å². The van der Waals surface area contributed by atoms with E-state index >= 15 is 0 Å². The van der Waals surface area contributed by atoms with Crippen molar-refractivity contribution in [1.82, 2.24) is 15.5 Å². The second-order valence-corrected chi connectivity index (χ2v) is 8.11. The van der Waals surface area contributed by atoms with Crippen molar-refractivity contribution >= 4 is 33.2 Å². The summed E-state index contributed by atoms with van der Waals surface area (Å²) in [5.41, 5.74) is 0.637. The van der Waals surface area contributed by atoms with Crippen molar-refractivity contribution in [2.45, 2.75) is 43.5 Å². The fraction of sp³-hybridized carbons (Fsp3) is 0.353. The van der Waals surface area contributed by atoms with E-state index in [0.29, 0.717) is 5.69 Å². The summed E-state index contributed by atoms with van der Waals surface area (Å²) < 4.78 is 27.5. The minimum Gasteiger partial charge on any atom is -0.348 e. The first-order valence-electron chi connectivity index (χ1n) is 8.60. The molecule has 10 heteroatoms. The van der Waals surface area contributed by atoms with Crippen LogP contribution in [0.15, 0.2) is 35.4 Å². The van der Waals surface area contributed by atoms with Crippen LogP contribution in [0.4, 0.5) is 11.4 Å². The molecule has 9 nitrogen and oxygen atoms in total. The Bertz CT molecular complexity index is 930. The third-order valence-corrected chi connectivity index (χ3v) is 5.67. The molecule has 2 amide bonds. The number of H-pyrrole nitrogens is 1. The quantitative estimate of drug-likeness (QED) is 0.596. The number of anilines is 2. The highest BCUT2D eigenvalue weighted by atomic mass is 32.2. The molecular formula is C17H21N5O4S. The van der Waals surface area contributed by atoms with Gasteiger partial charge in [-0.3, -0.25) is 19.4 Å². The highest BCUT2D eigenvalue weighted by Gasteiger charge is 2.23. The number of carbonyl (C=O) groups is 2. The Morgan fingerprint density at radius 3 is 2.44 bits per heavy atom. The second kappa shape index (κ2) is 7.78. The van der Waals surface area contributed by atoms with Crippen molar-refractivity contribution < 1.29 is 18.0 Å². The van der Waals surface area contributed by atoms with Gasteiger partial charge in [-0.05, 0) is 37.1 Å². The van der Waals surface area contributed by atoms with E-state index in [1.165, 1.54) is 37.4 Å². The van der Waals surface area contributed by atoms with Gasteiger partial charge in [-0.15, -0.1) is 0 Å². The number of aromatic amines is 1. The van der Waals surface area contributed by atoms with Crippen LogP contribution in [0.1, 0.15) is 43.1 Å². The van der Waals surface area contributed by atoms with Gasteiger partial charge in [0.15, 0.2) is 0 Å². The minimum atomic E-state index is -3.91. The molecule has 0 saturated heterocycles. The Hall–Kier alpha value is -2.88. The maximum Gasteiger partial charge on any atom is 0.271 e. The molecule has 0 radical (unpaired) electrons. The molecule has 1 aliphatic carbocycles. The van der Waals surface area contributed by atoms with Crippen LogP contribution in [0.5, 0.6) is 0 Å². The fourth-order valence-corrected chi connectivity index (χ4v) is 4.05. The third kappa shape index (κ3) is 4.64. The maximum absolute atomic E-state index is 12.6. The van der Waals surface area contributed by atoms with E-state index in [1.807, 2.05) is 0 Å². The Morgan fingerprint density at radius 1 is 1.15 bits per heavy atom. The normalized spacial score (nSPS) is 14.7. The molecule has 1 heterocycles. The highest BCUT2D eigenvalue weighted by Crippen LogP contribution is 2.22. The maximum atomic E-state index is 12.6. The van der Waals surface area contributed by atoms with E-state index in [1.54, 1.807) is 0 Å². The average molecular weight is 391 g/mol. The van der Waals surface area contributed by atoms with Crippen molar-refractivity contribution in [3.8, 4) is 0 Å². The molecule has 1 aliphatic rings. The summed E-state index contributed by atoms with van der Waals surface area (Å²) in [6.45, 7) is 1.36. The van der Waals surface area contributed by atoms with Crippen LogP contribution in [-0.4, -0.2) is 36.5 Å². The molecule has 1 aromatic carbocycles. The highest BCUT2D eigenvalue weighted by molar-refractivity contribution is 7.92. The van der Waals surface area contributed by atoms with E-state index in [0.717, 1.165) is 25.7 Å². The van der Waals surface area contributed by atoms with Gasteiger partial charge in [-0.25, -0.2) is 8.42 Å². The van der Waals surface area contributed by atoms with Gasteiger partial charge in [0.05, 0.1) is 16.8 Å². The first-order chi connectivity index (χ1) is 12.8. The topological polar surface area (TPSA) is 133 Å². The van der Waals surface area contributed by atoms with Gasteiger partial charge in [-0.2, -0.15) is 5.10 Å². The van der Waals surface area contributed by atoms with Crippen molar-refractivity contribution in [3.63, 3.8) is 0 Å². The van der Waals surface area contributed by atoms with Crippen LogP contribution in [0.3, 0.4) is 0 Å². The summed E-state index contributed by atoms with van der Waals surface area (Å²) in [4.78, 5) is 23.4. The Labute approximate surface area is 157 Å². The number of carbonyl (C=O) groups excluding carboxylic acids is 2. The zero-order valence-corrected chi connectivity index (χ0v) is 15.6. The molecule has 0 atom stereocenters. The summed E-state index contributed by atoms with van der Waals surface area (Å²) >= 11 is 0. The Kier molecular flexibility index (Phi) is 5.45. The lowest BCUT2D eigenvalue weighted by molar-refractivity contribution is -0.114. The number of aromatic nitrogens is 2. The molecule has 0 bridgehead atoms. The van der Waals surface area contributed by atoms with Crippen LogP contribution in [0.25, 0.3) is 0 Å². The molecule has 4 N–H and O–H groups in total. The number of hydrogen-bond donors (Lipinski definition) is 4. The molecule has 144 valence electrons. The molecule has 0 aliphatic heterocycles. The molecule has 0 unspecified atom stereocenters. The monoisotopic (exact) mass is 391 g/mol. The number of nitrogens with zero attached hydrogens (tertiary/aromatic N) is 1. The van der Waals surface area contributed by atoms with E-state index in [4.69, 9.17) is 0 Å². The van der Waals surface area contributed by atoms with E-state index in [9.17, 15) is 18.0 Å². The number of amides is 2. The minimum absolute atomic E-state index is 0.0000434. The first-order valence-corrected chi connectivity index (χ1v) is 10.1. The van der Waals surface area contributed by atoms with Gasteiger partial charge in [0.2, 0.25) is 5.91 Å². The van der Waals surface area contributed by atoms with Crippen molar-refractivity contribution in [1.29, 1.82) is 0 Å². The Morgan fingerprint density at radius 2 is 1.81 bits per heavy atom. The largest absolute Gasteiger partial charge is 0.348 e. The molecule has 1 saturated carbocycles. The molecule has 0 spiro atoms. The first kappa shape index (κ1) is 18.9. The molecule has 3 rings (SSSR count). The lowest BCUT2D eigenvalue weighted by Gasteiger charge is -2.12. The molecule has 1 fully saturated rings. The summed E-state index contributed by atoms with van der Waals surface area (Å²) in [7, 11) is -3.91. The van der Waals surface area contributed by atoms with Crippen molar-refractivity contribution in [2.24, 2.45) is 0 Å². The standard InChI is InChI=1S/C17H21N5O4S/c1-11(23)19-13-6-8-14(9-7-13)27(25,26)22-15-10-18-21-16(15)17(24)20-12-4-2-3-5-12/h6-10,12,22H,2-5H2,1H3,(H,18,21)(H,19,23)(H,20,24). The van der Waals surface area contributed by atoms with Crippen molar-refractivity contribution in [3.05, 3.63) is 36.2 Å². The summed E-state index contributed by atoms with van der Waals surface area (Å²) in [6, 6.07) is 5.81. The SMILES string of the molecule is CC(=O)Nc1ccc(S(=O)(=O)Nc2cn[nH]c2C(=O)NC2CCCC2)cc1. The van der Waals surface area contributed by atoms with Crippen LogP contribution >= 0.6 is 0 Å². The zero-order valence-electron chi connectivity index (χ0n) is 14.8. The average Bonchev–Trinajstić information content (AvgIpc) is 3.26. The van der Waals surface area contributed by atoms with Gasteiger partial charge >= 0.3 is 0 Å². The molecule has 27 heavy (non-hydrogen) atoms. The second-order valence-electron chi connectivity index (χ2n) is 6.42. The van der Waals surface area contributed by atoms with Crippen LogP contribution < -0.4 is 15.4 Å². The van der Waals surface area contributed by atoms with Gasteiger partial charge in [-0.1, -0.05) is 12.8 Å². The molecule has 2 aromatic rings. The van der Waals surface area contributed by atoms with Crippen LogP contribution in [0, 0.1) is 0 Å². The smallest absolute Gasteiger partial charge is 0.271 e. The summed E-state index contributed by atoms with van der Waals surface area (Å²) in [6.07, 6.45) is 5.24. The summed E-state index contributed by atoms with van der Waals surface area (Å²) in [5.74, 6) is -0.641. The number of hydrogen-bond acceptors (Lipinski definition) is 5. The lowest BCUT2D eigenvalue weighted by Crippen LogP contribution is -2.33. The zero-order chi connectivity index (χ0) is 19.4. The number of nitrogens with one attached hydrogen (secondary N) is 4.